The van der Waals surface area contributed by atoms with E-state index in [1.807, 2.05) is 48.4 Å². The van der Waals surface area contributed by atoms with Crippen molar-refractivity contribution >= 4 is 11.9 Å². The van der Waals surface area contributed by atoms with Gasteiger partial charge in [0.05, 0.1) is 29.3 Å². The summed E-state index contributed by atoms with van der Waals surface area (Å²) in [6, 6.07) is 9.50. The molecular formula is C21H23N5O3. The van der Waals surface area contributed by atoms with Crippen molar-refractivity contribution in [3.8, 4) is 5.69 Å². The summed E-state index contributed by atoms with van der Waals surface area (Å²) in [6.07, 6.45) is 4.79. The number of rotatable bonds is 4. The van der Waals surface area contributed by atoms with Crippen LogP contribution in [-0.4, -0.2) is 54.5 Å². The molecule has 8 heteroatoms. The first-order valence-corrected chi connectivity index (χ1v) is 9.63. The van der Waals surface area contributed by atoms with Crippen LogP contribution >= 0.6 is 0 Å². The van der Waals surface area contributed by atoms with Gasteiger partial charge in [0.2, 0.25) is 0 Å². The van der Waals surface area contributed by atoms with Crippen LogP contribution in [0.4, 0.5) is 0 Å². The second kappa shape index (κ2) is 7.54. The largest absolute Gasteiger partial charge is 0.478 e. The van der Waals surface area contributed by atoms with Crippen LogP contribution < -0.4 is 0 Å². The van der Waals surface area contributed by atoms with E-state index in [0.29, 0.717) is 24.3 Å². The van der Waals surface area contributed by atoms with E-state index < -0.39 is 5.97 Å². The molecule has 1 N–H and O–H groups in total. The van der Waals surface area contributed by atoms with Gasteiger partial charge in [0.1, 0.15) is 5.56 Å². The molecule has 4 rings (SSSR count). The third-order valence-electron chi connectivity index (χ3n) is 5.47. The first kappa shape index (κ1) is 18.9. The minimum atomic E-state index is -0.963. The molecule has 0 radical (unpaired) electrons. The average Bonchev–Trinajstić information content (AvgIpc) is 3.33. The number of carbonyl (C=O) groups is 2. The molecule has 1 aliphatic heterocycles. The standard InChI is InChI=1S/C21H23N5O3/c1-14-7-12-25(23-14)17-5-3-16(4-6-17)20(27)24-10-8-18(9-11-24)26-15(2)19(13-22-26)21(28)29/h3-7,12-13,18H,8-11H2,1-2H3,(H,28,29). The van der Waals surface area contributed by atoms with E-state index in [4.69, 9.17) is 0 Å². The van der Waals surface area contributed by atoms with Crippen molar-refractivity contribution in [3.05, 3.63) is 65.2 Å². The summed E-state index contributed by atoms with van der Waals surface area (Å²) in [5.41, 5.74) is 3.40. The Morgan fingerprint density at radius 3 is 2.31 bits per heavy atom. The minimum absolute atomic E-state index is 0.00931. The van der Waals surface area contributed by atoms with Crippen molar-refractivity contribution in [3.63, 3.8) is 0 Å². The fourth-order valence-corrected chi connectivity index (χ4v) is 3.81. The summed E-state index contributed by atoms with van der Waals surface area (Å²) in [7, 11) is 0. The van der Waals surface area contributed by atoms with Crippen LogP contribution in [0.3, 0.4) is 0 Å². The van der Waals surface area contributed by atoms with Gasteiger partial charge in [-0.2, -0.15) is 10.2 Å². The predicted molar refractivity (Wildman–Crippen MR) is 106 cm³/mol. The number of amides is 1. The number of aromatic nitrogens is 4. The van der Waals surface area contributed by atoms with Gasteiger partial charge in [-0.25, -0.2) is 9.48 Å². The number of likely N-dealkylation sites (tertiary alicyclic amines) is 1. The fourth-order valence-electron chi connectivity index (χ4n) is 3.81. The van der Waals surface area contributed by atoms with Crippen molar-refractivity contribution in [2.75, 3.05) is 13.1 Å². The van der Waals surface area contributed by atoms with Crippen LogP contribution in [0.1, 0.15) is 51.0 Å². The Morgan fingerprint density at radius 2 is 1.76 bits per heavy atom. The first-order valence-electron chi connectivity index (χ1n) is 9.63. The Morgan fingerprint density at radius 1 is 1.07 bits per heavy atom. The number of nitrogens with zero attached hydrogens (tertiary/aromatic N) is 5. The zero-order valence-electron chi connectivity index (χ0n) is 16.4. The van der Waals surface area contributed by atoms with Crippen molar-refractivity contribution < 1.29 is 14.7 Å². The number of carboxylic acids is 1. The van der Waals surface area contributed by atoms with Gasteiger partial charge >= 0.3 is 5.97 Å². The van der Waals surface area contributed by atoms with E-state index in [-0.39, 0.29) is 17.5 Å². The number of hydrogen-bond acceptors (Lipinski definition) is 4. The van der Waals surface area contributed by atoms with Gasteiger partial charge in [0.15, 0.2) is 0 Å². The lowest BCUT2D eigenvalue weighted by Gasteiger charge is -2.32. The lowest BCUT2D eigenvalue weighted by atomic mass is 10.0. The maximum absolute atomic E-state index is 12.9. The Kier molecular flexibility index (Phi) is 4.92. The summed E-state index contributed by atoms with van der Waals surface area (Å²) in [5.74, 6) is -0.954. The van der Waals surface area contributed by atoms with Crippen molar-refractivity contribution in [1.29, 1.82) is 0 Å². The summed E-state index contributed by atoms with van der Waals surface area (Å²) >= 11 is 0. The Hall–Kier alpha value is -3.42. The van der Waals surface area contributed by atoms with Crippen molar-refractivity contribution in [2.24, 2.45) is 0 Å². The van der Waals surface area contributed by atoms with Crippen LogP contribution in [-0.2, 0) is 0 Å². The summed E-state index contributed by atoms with van der Waals surface area (Å²) in [6.45, 7) is 4.94. The highest BCUT2D eigenvalue weighted by atomic mass is 16.4. The van der Waals surface area contributed by atoms with E-state index in [0.717, 1.165) is 24.2 Å². The van der Waals surface area contributed by atoms with Crippen molar-refractivity contribution in [1.82, 2.24) is 24.5 Å². The quantitative estimate of drug-likeness (QED) is 0.736. The number of piperidine rings is 1. The monoisotopic (exact) mass is 393 g/mol. The molecule has 29 heavy (non-hydrogen) atoms. The number of hydrogen-bond donors (Lipinski definition) is 1. The zero-order chi connectivity index (χ0) is 20.5. The summed E-state index contributed by atoms with van der Waals surface area (Å²) in [5, 5.41) is 17.8. The molecule has 1 amide bonds. The van der Waals surface area contributed by atoms with Gasteiger partial charge < -0.3 is 10.0 Å². The molecule has 0 bridgehead atoms. The van der Waals surface area contributed by atoms with Crippen LogP contribution in [0.15, 0.2) is 42.7 Å². The number of aryl methyl sites for hydroxylation is 1. The highest BCUT2D eigenvalue weighted by Gasteiger charge is 2.27. The molecule has 1 fully saturated rings. The van der Waals surface area contributed by atoms with Crippen LogP contribution in [0, 0.1) is 13.8 Å². The molecule has 0 atom stereocenters. The smallest absolute Gasteiger partial charge is 0.339 e. The molecule has 0 spiro atoms. The van der Waals surface area contributed by atoms with Gasteiger partial charge in [-0.3, -0.25) is 9.48 Å². The number of carboxylic acid groups (broad SMARTS) is 1. The fraction of sp³-hybridized carbons (Fsp3) is 0.333. The van der Waals surface area contributed by atoms with E-state index in [9.17, 15) is 14.7 Å². The SMILES string of the molecule is Cc1ccn(-c2ccc(C(=O)N3CCC(n4ncc(C(=O)O)c4C)CC3)cc2)n1. The third kappa shape index (κ3) is 3.65. The number of carbonyl (C=O) groups excluding carboxylic acids is 1. The number of aromatic carboxylic acids is 1. The third-order valence-corrected chi connectivity index (χ3v) is 5.47. The van der Waals surface area contributed by atoms with E-state index in [1.165, 1.54) is 6.20 Å². The predicted octanol–water partition coefficient (Wildman–Crippen LogP) is 2.86. The normalized spacial score (nSPS) is 14.9. The van der Waals surface area contributed by atoms with Gasteiger partial charge in [-0.15, -0.1) is 0 Å². The topological polar surface area (TPSA) is 93.2 Å². The Bertz CT molecular complexity index is 1040. The Labute approximate surface area is 168 Å². The second-order valence-electron chi connectivity index (χ2n) is 7.37. The lowest BCUT2D eigenvalue weighted by Crippen LogP contribution is -2.39. The maximum Gasteiger partial charge on any atom is 0.339 e. The molecule has 0 saturated carbocycles. The zero-order valence-corrected chi connectivity index (χ0v) is 16.4. The molecule has 0 aliphatic carbocycles. The van der Waals surface area contributed by atoms with Gasteiger partial charge in [0.25, 0.3) is 5.91 Å². The number of benzene rings is 1. The van der Waals surface area contributed by atoms with Crippen LogP contribution in [0.25, 0.3) is 5.69 Å². The molecule has 1 saturated heterocycles. The maximum atomic E-state index is 12.9. The molecular weight excluding hydrogens is 370 g/mol. The van der Waals surface area contributed by atoms with E-state index in [2.05, 4.69) is 10.2 Å². The molecule has 3 aromatic rings. The molecule has 0 unspecified atom stereocenters. The summed E-state index contributed by atoms with van der Waals surface area (Å²) in [4.78, 5) is 25.9. The Balaban J connectivity index is 1.41. The summed E-state index contributed by atoms with van der Waals surface area (Å²) < 4.78 is 3.57. The molecule has 150 valence electrons. The molecule has 1 aromatic carbocycles. The van der Waals surface area contributed by atoms with Crippen LogP contribution in [0.5, 0.6) is 0 Å². The van der Waals surface area contributed by atoms with E-state index in [1.54, 1.807) is 16.3 Å². The van der Waals surface area contributed by atoms with Gasteiger partial charge in [-0.1, -0.05) is 0 Å². The first-order chi connectivity index (χ1) is 13.9. The molecule has 1 aliphatic rings. The highest BCUT2D eigenvalue weighted by Crippen LogP contribution is 2.25. The van der Waals surface area contributed by atoms with E-state index >= 15 is 0 Å². The molecule has 3 heterocycles. The van der Waals surface area contributed by atoms with Gasteiger partial charge in [0, 0.05) is 24.8 Å². The molecule has 2 aromatic heterocycles. The van der Waals surface area contributed by atoms with Crippen LogP contribution in [0.2, 0.25) is 0 Å². The second-order valence-corrected chi connectivity index (χ2v) is 7.37. The van der Waals surface area contributed by atoms with Crippen molar-refractivity contribution in [2.45, 2.75) is 32.7 Å². The van der Waals surface area contributed by atoms with Gasteiger partial charge in [-0.05, 0) is 57.0 Å². The highest BCUT2D eigenvalue weighted by molar-refractivity contribution is 5.94. The lowest BCUT2D eigenvalue weighted by molar-refractivity contribution is 0.0688. The molecule has 8 nitrogen and oxygen atoms in total. The average molecular weight is 393 g/mol. The minimum Gasteiger partial charge on any atom is -0.478 e.